The van der Waals surface area contributed by atoms with Crippen molar-refractivity contribution in [1.82, 2.24) is 5.09 Å². The average molecular weight is 281 g/mol. The molecule has 0 aliphatic heterocycles. The highest BCUT2D eigenvalue weighted by Crippen LogP contribution is 2.44. The molecule has 0 rings (SSSR count). The Morgan fingerprint density at radius 2 is 1.56 bits per heavy atom. The molecule has 0 spiro atoms. The Labute approximate surface area is 109 Å². The lowest BCUT2D eigenvalue weighted by molar-refractivity contribution is 0.147. The summed E-state index contributed by atoms with van der Waals surface area (Å²) in [5.41, 5.74) is 0. The van der Waals surface area contributed by atoms with E-state index in [1.165, 1.54) is 0 Å². The normalized spacial score (nSPS) is 11.3. The van der Waals surface area contributed by atoms with Gasteiger partial charge in [0.15, 0.2) is 0 Å². The summed E-state index contributed by atoms with van der Waals surface area (Å²) in [4.78, 5) is 11.3. The minimum Gasteiger partial charge on any atom is -0.450 e. The number of amides is 1. The van der Waals surface area contributed by atoms with E-state index in [1.807, 2.05) is 13.8 Å². The first-order valence-electron chi connectivity index (χ1n) is 6.42. The number of unbranched alkanes of at least 4 members (excludes halogenated alkanes) is 2. The maximum absolute atomic E-state index is 12.2. The van der Waals surface area contributed by atoms with Crippen LogP contribution in [0.5, 0.6) is 0 Å². The van der Waals surface area contributed by atoms with Crippen molar-refractivity contribution in [3.05, 3.63) is 0 Å². The molecule has 0 atom stereocenters. The molecule has 0 heterocycles. The number of hydrogen-bond donors (Lipinski definition) is 1. The fraction of sp³-hybridized carbons (Fsp3) is 0.909. The van der Waals surface area contributed by atoms with Gasteiger partial charge in [0.2, 0.25) is 0 Å². The number of carbonyl (C=O) groups is 1. The van der Waals surface area contributed by atoms with E-state index in [9.17, 15) is 9.36 Å². The van der Waals surface area contributed by atoms with Crippen molar-refractivity contribution in [3.63, 3.8) is 0 Å². The third kappa shape index (κ3) is 8.50. The van der Waals surface area contributed by atoms with Crippen molar-refractivity contribution in [2.24, 2.45) is 0 Å². The molecule has 108 valence electrons. The molecule has 0 aliphatic carbocycles. The van der Waals surface area contributed by atoms with Gasteiger partial charge in [-0.3, -0.25) is 9.05 Å². The second-order valence-corrected chi connectivity index (χ2v) is 5.44. The van der Waals surface area contributed by atoms with E-state index in [1.54, 1.807) is 6.92 Å². The zero-order valence-corrected chi connectivity index (χ0v) is 12.3. The van der Waals surface area contributed by atoms with Gasteiger partial charge in [0, 0.05) is 0 Å². The molecule has 6 nitrogen and oxygen atoms in total. The second-order valence-electron chi connectivity index (χ2n) is 3.70. The highest BCUT2D eigenvalue weighted by molar-refractivity contribution is 7.52. The van der Waals surface area contributed by atoms with E-state index in [2.05, 4.69) is 9.82 Å². The Balaban J connectivity index is 4.28. The average Bonchev–Trinajstić information content (AvgIpc) is 2.30. The molecule has 0 bridgehead atoms. The number of ether oxygens (including phenoxy) is 1. The minimum absolute atomic E-state index is 0.204. The Morgan fingerprint density at radius 3 is 1.94 bits per heavy atom. The largest absolute Gasteiger partial charge is 0.450 e. The van der Waals surface area contributed by atoms with Crippen LogP contribution in [0.2, 0.25) is 0 Å². The molecule has 0 aromatic carbocycles. The van der Waals surface area contributed by atoms with Crippen LogP contribution < -0.4 is 5.09 Å². The fourth-order valence-electron chi connectivity index (χ4n) is 1.04. The Morgan fingerprint density at radius 1 is 1.06 bits per heavy atom. The van der Waals surface area contributed by atoms with Crippen molar-refractivity contribution < 1.29 is 23.1 Å². The summed E-state index contributed by atoms with van der Waals surface area (Å²) in [7, 11) is -3.59. The Kier molecular flexibility index (Phi) is 10.0. The van der Waals surface area contributed by atoms with Crippen LogP contribution in [0, 0.1) is 0 Å². The summed E-state index contributed by atoms with van der Waals surface area (Å²) in [5, 5.41) is 2.16. The van der Waals surface area contributed by atoms with E-state index in [0.29, 0.717) is 0 Å². The monoisotopic (exact) mass is 281 g/mol. The summed E-state index contributed by atoms with van der Waals surface area (Å²) >= 11 is 0. The molecule has 0 unspecified atom stereocenters. The minimum atomic E-state index is -3.59. The van der Waals surface area contributed by atoms with E-state index >= 15 is 0 Å². The smallest absolute Gasteiger partial charge is 0.437 e. The van der Waals surface area contributed by atoms with Crippen molar-refractivity contribution >= 4 is 13.8 Å². The van der Waals surface area contributed by atoms with Gasteiger partial charge in [-0.2, -0.15) is 0 Å². The predicted octanol–water partition coefficient (Wildman–Crippen LogP) is 3.47. The van der Waals surface area contributed by atoms with E-state index in [4.69, 9.17) is 9.05 Å². The van der Waals surface area contributed by atoms with Gasteiger partial charge in [0.05, 0.1) is 19.8 Å². The lowest BCUT2D eigenvalue weighted by Crippen LogP contribution is -2.24. The molecule has 0 aromatic rings. The molecule has 7 heteroatoms. The molecule has 0 saturated carbocycles. The van der Waals surface area contributed by atoms with Gasteiger partial charge in [-0.15, -0.1) is 0 Å². The van der Waals surface area contributed by atoms with Crippen molar-refractivity contribution in [2.45, 2.75) is 46.5 Å². The van der Waals surface area contributed by atoms with Gasteiger partial charge in [-0.05, 0) is 19.8 Å². The first-order valence-corrected chi connectivity index (χ1v) is 7.96. The summed E-state index contributed by atoms with van der Waals surface area (Å²) in [5.74, 6) is 0. The number of rotatable bonds is 10. The lowest BCUT2D eigenvalue weighted by atomic mass is 10.4. The molecular weight excluding hydrogens is 257 g/mol. The molecule has 0 aromatic heterocycles. The molecule has 0 radical (unpaired) electrons. The zero-order chi connectivity index (χ0) is 13.9. The van der Waals surface area contributed by atoms with E-state index in [0.717, 1.165) is 25.7 Å². The zero-order valence-electron chi connectivity index (χ0n) is 11.4. The molecule has 0 aliphatic rings. The molecule has 18 heavy (non-hydrogen) atoms. The lowest BCUT2D eigenvalue weighted by Gasteiger charge is -2.18. The van der Waals surface area contributed by atoms with Crippen molar-refractivity contribution in [3.8, 4) is 0 Å². The number of hydrogen-bond acceptors (Lipinski definition) is 5. The SMILES string of the molecule is CCCCOP(=O)(NC(=O)OCC)OCCCC. The topological polar surface area (TPSA) is 73.9 Å². The molecule has 0 fully saturated rings. The van der Waals surface area contributed by atoms with Gasteiger partial charge in [0.25, 0.3) is 0 Å². The standard InChI is InChI=1S/C11H24NO5P/c1-4-7-9-16-18(14,17-10-8-5-2)12-11(13)15-6-3/h4-10H2,1-3H3,(H,12,13,14). The van der Waals surface area contributed by atoms with Gasteiger partial charge < -0.3 is 4.74 Å². The highest BCUT2D eigenvalue weighted by atomic mass is 31.2. The summed E-state index contributed by atoms with van der Waals surface area (Å²) in [6.45, 7) is 6.42. The van der Waals surface area contributed by atoms with Gasteiger partial charge in [-0.25, -0.2) is 14.4 Å². The van der Waals surface area contributed by atoms with Crippen LogP contribution >= 0.6 is 7.75 Å². The summed E-state index contributed by atoms with van der Waals surface area (Å²) in [6.07, 6.45) is 2.55. The second kappa shape index (κ2) is 10.4. The molecule has 0 saturated heterocycles. The van der Waals surface area contributed by atoms with Crippen LogP contribution in [0.1, 0.15) is 46.5 Å². The van der Waals surface area contributed by atoms with Gasteiger partial charge in [-0.1, -0.05) is 26.7 Å². The quantitative estimate of drug-likeness (QED) is 0.490. The maximum atomic E-state index is 12.2. The van der Waals surface area contributed by atoms with Gasteiger partial charge in [0.1, 0.15) is 0 Å². The number of nitrogens with one attached hydrogen (secondary N) is 1. The van der Waals surface area contributed by atoms with Crippen LogP contribution in [-0.4, -0.2) is 25.9 Å². The van der Waals surface area contributed by atoms with Crippen LogP contribution in [-0.2, 0) is 18.3 Å². The number of carbonyl (C=O) groups excluding carboxylic acids is 1. The molecular formula is C11H24NO5P. The Bertz CT molecular complexity index is 258. The fourth-order valence-corrected chi connectivity index (χ4v) is 2.27. The van der Waals surface area contributed by atoms with E-state index in [-0.39, 0.29) is 19.8 Å². The first kappa shape index (κ1) is 17.4. The van der Waals surface area contributed by atoms with E-state index < -0.39 is 13.8 Å². The van der Waals surface area contributed by atoms with Crippen LogP contribution in [0.3, 0.4) is 0 Å². The third-order valence-corrected chi connectivity index (χ3v) is 3.52. The summed E-state index contributed by atoms with van der Waals surface area (Å²) < 4.78 is 27.2. The molecule has 1 N–H and O–H groups in total. The van der Waals surface area contributed by atoms with Crippen LogP contribution in [0.25, 0.3) is 0 Å². The van der Waals surface area contributed by atoms with Crippen LogP contribution in [0.4, 0.5) is 4.79 Å². The Hall–Kier alpha value is -0.580. The van der Waals surface area contributed by atoms with Crippen LogP contribution in [0.15, 0.2) is 0 Å². The summed E-state index contributed by atoms with van der Waals surface area (Å²) in [6, 6.07) is 0. The van der Waals surface area contributed by atoms with Gasteiger partial charge >= 0.3 is 13.8 Å². The maximum Gasteiger partial charge on any atom is 0.437 e. The molecule has 1 amide bonds. The predicted molar refractivity (Wildman–Crippen MR) is 69.5 cm³/mol. The van der Waals surface area contributed by atoms with Crippen molar-refractivity contribution in [1.29, 1.82) is 0 Å². The first-order chi connectivity index (χ1) is 8.58. The van der Waals surface area contributed by atoms with Crippen molar-refractivity contribution in [2.75, 3.05) is 19.8 Å². The highest BCUT2D eigenvalue weighted by Gasteiger charge is 2.27. The third-order valence-electron chi connectivity index (χ3n) is 2.02.